The van der Waals surface area contributed by atoms with E-state index in [1.54, 1.807) is 0 Å². The van der Waals surface area contributed by atoms with Crippen molar-refractivity contribution < 1.29 is 129 Å². The van der Waals surface area contributed by atoms with E-state index in [1.165, 1.54) is 0 Å². The van der Waals surface area contributed by atoms with E-state index in [2.05, 4.69) is 4.84 Å². The third kappa shape index (κ3) is 11.8. The van der Waals surface area contributed by atoms with Gasteiger partial charge in [0.15, 0.2) is 0 Å². The van der Waals surface area contributed by atoms with Crippen LogP contribution in [0.2, 0.25) is 0 Å². The Hall–Kier alpha value is -1.00. The van der Waals surface area contributed by atoms with Crippen LogP contribution < -0.4 is 59.1 Å². The normalized spacial score (nSPS) is 19.9. The Labute approximate surface area is 230 Å². The molecule has 2 heterocycles. The van der Waals surface area contributed by atoms with Crippen LogP contribution in [0.25, 0.3) is 0 Å². The average molecular weight is 536 g/mol. The SMILES string of the molecule is CC(=O)O.CC(=O)ON1C(=O)CC(S(=O)(=O)[O-])C1=O.O=C1CC(S(=O)(=O)[O-])C(=O)N1O.[Na+].[Na+]. The van der Waals surface area contributed by atoms with Gasteiger partial charge in [-0.1, -0.05) is 0 Å². The van der Waals surface area contributed by atoms with E-state index in [9.17, 15) is 49.9 Å². The summed E-state index contributed by atoms with van der Waals surface area (Å²) in [5, 5.41) is 11.6. The number of hydrogen-bond donors (Lipinski definition) is 2. The van der Waals surface area contributed by atoms with Gasteiger partial charge in [0, 0.05) is 13.8 Å². The third-order valence-corrected chi connectivity index (χ3v) is 5.19. The molecular formula is C12H14N2Na2O15S2. The van der Waals surface area contributed by atoms with Crippen LogP contribution in [0.1, 0.15) is 26.7 Å². The molecule has 21 heteroatoms. The number of amides is 4. The van der Waals surface area contributed by atoms with Crippen molar-refractivity contribution in [3.05, 3.63) is 0 Å². The van der Waals surface area contributed by atoms with E-state index in [4.69, 9.17) is 15.1 Å². The summed E-state index contributed by atoms with van der Waals surface area (Å²) in [6.45, 7) is 2.01. The fourth-order valence-electron chi connectivity index (χ4n) is 1.85. The maximum Gasteiger partial charge on any atom is 1.00 e. The van der Waals surface area contributed by atoms with Gasteiger partial charge in [-0.2, -0.15) is 5.06 Å². The first-order valence-corrected chi connectivity index (χ1v) is 10.4. The maximum atomic E-state index is 11.1. The first-order chi connectivity index (χ1) is 13.8. The minimum Gasteiger partial charge on any atom is -0.747 e. The summed E-state index contributed by atoms with van der Waals surface area (Å²) in [4.78, 5) is 66.9. The van der Waals surface area contributed by atoms with Crippen LogP contribution in [-0.2, 0) is 53.8 Å². The molecule has 0 aromatic rings. The van der Waals surface area contributed by atoms with Crippen LogP contribution in [-0.4, -0.2) is 92.4 Å². The molecule has 4 amide bonds. The van der Waals surface area contributed by atoms with Crippen molar-refractivity contribution >= 4 is 55.8 Å². The fraction of sp³-hybridized carbons (Fsp3) is 0.500. The largest absolute Gasteiger partial charge is 1.00 e. The Morgan fingerprint density at radius 3 is 1.42 bits per heavy atom. The minimum atomic E-state index is -4.91. The number of carboxylic acids is 1. The number of hydroxylamine groups is 4. The maximum absolute atomic E-state index is 11.1. The van der Waals surface area contributed by atoms with Crippen molar-refractivity contribution in [1.82, 2.24) is 10.1 Å². The first-order valence-electron chi connectivity index (χ1n) is 7.50. The zero-order valence-corrected chi connectivity index (χ0v) is 23.1. The van der Waals surface area contributed by atoms with Gasteiger partial charge in [-0.25, -0.2) is 21.6 Å². The van der Waals surface area contributed by atoms with E-state index in [1.807, 2.05) is 0 Å². The van der Waals surface area contributed by atoms with Gasteiger partial charge < -0.3 is 19.0 Å². The predicted molar refractivity (Wildman–Crippen MR) is 86.8 cm³/mol. The van der Waals surface area contributed by atoms with Crippen molar-refractivity contribution in [2.45, 2.75) is 37.2 Å². The van der Waals surface area contributed by atoms with Gasteiger partial charge in [0.25, 0.3) is 29.6 Å². The molecule has 0 aliphatic carbocycles. The number of nitrogens with zero attached hydrogens (tertiary/aromatic N) is 2. The molecule has 2 aliphatic heterocycles. The van der Waals surface area contributed by atoms with Crippen LogP contribution >= 0.6 is 0 Å². The van der Waals surface area contributed by atoms with Gasteiger partial charge in [-0.05, 0) is 0 Å². The van der Waals surface area contributed by atoms with Gasteiger partial charge in [0.2, 0.25) is 0 Å². The quantitative estimate of drug-likeness (QED) is 0.147. The molecule has 2 unspecified atom stereocenters. The van der Waals surface area contributed by atoms with Gasteiger partial charge in [-0.3, -0.25) is 29.2 Å². The smallest absolute Gasteiger partial charge is 0.747 e. The Bertz CT molecular complexity index is 1010. The van der Waals surface area contributed by atoms with Gasteiger partial charge in [0.1, 0.15) is 30.7 Å². The molecule has 2 rings (SSSR count). The van der Waals surface area contributed by atoms with Crippen LogP contribution in [0.15, 0.2) is 0 Å². The number of carboxylic acid groups (broad SMARTS) is 1. The molecule has 0 aromatic heterocycles. The molecule has 17 nitrogen and oxygen atoms in total. The Morgan fingerprint density at radius 1 is 0.879 bits per heavy atom. The Kier molecular flexibility index (Phi) is 16.0. The molecule has 2 atom stereocenters. The van der Waals surface area contributed by atoms with Crippen LogP contribution in [0, 0.1) is 0 Å². The van der Waals surface area contributed by atoms with Gasteiger partial charge in [0.05, 0.1) is 12.8 Å². The van der Waals surface area contributed by atoms with Crippen molar-refractivity contribution in [2.75, 3.05) is 0 Å². The van der Waals surface area contributed by atoms with Crippen molar-refractivity contribution in [3.63, 3.8) is 0 Å². The van der Waals surface area contributed by atoms with E-state index < -0.39 is 79.1 Å². The zero-order chi connectivity index (χ0) is 24.9. The second-order valence-corrected chi connectivity index (χ2v) is 8.65. The van der Waals surface area contributed by atoms with Gasteiger partial charge in [-0.15, -0.1) is 5.06 Å². The van der Waals surface area contributed by atoms with Gasteiger partial charge >= 0.3 is 65.1 Å². The summed E-state index contributed by atoms with van der Waals surface area (Å²) in [6, 6.07) is 0. The predicted octanol–water partition coefficient (Wildman–Crippen LogP) is -9.72. The molecular weight excluding hydrogens is 522 g/mol. The molecule has 2 N–H and O–H groups in total. The first kappa shape index (κ1) is 36.6. The topological polar surface area (TPSA) is 273 Å². The molecule has 176 valence electrons. The number of rotatable bonds is 3. The molecule has 0 spiro atoms. The van der Waals surface area contributed by atoms with Crippen LogP contribution in [0.4, 0.5) is 0 Å². The van der Waals surface area contributed by atoms with Crippen LogP contribution in [0.5, 0.6) is 0 Å². The van der Waals surface area contributed by atoms with Crippen molar-refractivity contribution in [3.8, 4) is 0 Å². The zero-order valence-electron chi connectivity index (χ0n) is 17.5. The van der Waals surface area contributed by atoms with Crippen LogP contribution in [0.3, 0.4) is 0 Å². The summed E-state index contributed by atoms with van der Waals surface area (Å²) in [5.41, 5.74) is 0. The second-order valence-electron chi connectivity index (χ2n) is 5.54. The number of imide groups is 2. The number of aliphatic carboxylic acids is 1. The van der Waals surface area contributed by atoms with E-state index in [0.29, 0.717) is 0 Å². The molecule has 2 fully saturated rings. The fourth-order valence-corrected chi connectivity index (χ4v) is 3.23. The Morgan fingerprint density at radius 2 is 1.21 bits per heavy atom. The minimum absolute atomic E-state index is 0. The number of carbonyl (C=O) groups excluding carboxylic acids is 5. The van der Waals surface area contributed by atoms with E-state index in [-0.39, 0.29) is 69.2 Å². The molecule has 2 aliphatic rings. The molecule has 0 bridgehead atoms. The monoisotopic (exact) mass is 536 g/mol. The van der Waals surface area contributed by atoms with Crippen molar-refractivity contribution in [2.24, 2.45) is 0 Å². The molecule has 2 saturated heterocycles. The summed E-state index contributed by atoms with van der Waals surface area (Å²) in [5.74, 6) is -6.61. The van der Waals surface area contributed by atoms with E-state index in [0.717, 1.165) is 13.8 Å². The number of hydrogen-bond acceptors (Lipinski definition) is 14. The summed E-state index contributed by atoms with van der Waals surface area (Å²) < 4.78 is 62.4. The average Bonchev–Trinajstić information content (AvgIpc) is 2.99. The summed E-state index contributed by atoms with van der Waals surface area (Å²) in [6.07, 6.45) is -1.57. The van der Waals surface area contributed by atoms with E-state index >= 15 is 0 Å². The number of carbonyl (C=O) groups is 6. The summed E-state index contributed by atoms with van der Waals surface area (Å²) in [7, 11) is -9.75. The third-order valence-electron chi connectivity index (χ3n) is 3.06. The summed E-state index contributed by atoms with van der Waals surface area (Å²) >= 11 is 0. The molecule has 0 aromatic carbocycles. The molecule has 0 radical (unpaired) electrons. The standard InChI is InChI=1S/C6H7NO7S.C4H5NO6S.C2H4O2.2Na/c1-3(8)14-7-5(9)2-4(6(7)10)15(11,12)13;6-3-1-2(12(9,10)11)4(7)5(3)8;1-2(3)4;;/h4H,2H2,1H3,(H,11,12,13);2,8H,1H2,(H,9,10,11);1H3,(H,3,4);;/q;;;2*+1/p-2. The molecule has 0 saturated carbocycles. The Balaban J connectivity index is -0.000000452. The second kappa shape index (κ2) is 14.4. The van der Waals surface area contributed by atoms with Crippen molar-refractivity contribution in [1.29, 1.82) is 0 Å². The molecule has 33 heavy (non-hydrogen) atoms.